The van der Waals surface area contributed by atoms with E-state index in [1.807, 2.05) is 0 Å². The van der Waals surface area contributed by atoms with Crippen LogP contribution >= 0.6 is 0 Å². The first kappa shape index (κ1) is 12.4. The monoisotopic (exact) mass is 252 g/mol. The molecule has 18 heavy (non-hydrogen) atoms. The molecular formula is C14H24N2O2. The van der Waals surface area contributed by atoms with E-state index in [1.54, 1.807) is 0 Å². The molecule has 0 aromatic rings. The third-order valence-electron chi connectivity index (χ3n) is 5.09. The smallest absolute Gasteiger partial charge is 0.307 e. The van der Waals surface area contributed by atoms with E-state index in [0.717, 1.165) is 25.9 Å². The zero-order valence-corrected chi connectivity index (χ0v) is 11.1. The van der Waals surface area contributed by atoms with E-state index in [2.05, 4.69) is 9.80 Å². The van der Waals surface area contributed by atoms with Crippen molar-refractivity contribution in [2.24, 2.45) is 5.92 Å². The van der Waals surface area contributed by atoms with Crippen LogP contribution in [0.2, 0.25) is 0 Å². The van der Waals surface area contributed by atoms with Crippen molar-refractivity contribution >= 4 is 5.97 Å². The Morgan fingerprint density at radius 1 is 0.889 bits per heavy atom. The van der Waals surface area contributed by atoms with Crippen LogP contribution in [0.1, 0.15) is 38.5 Å². The van der Waals surface area contributed by atoms with E-state index in [-0.39, 0.29) is 5.92 Å². The van der Waals surface area contributed by atoms with E-state index in [9.17, 15) is 9.90 Å². The van der Waals surface area contributed by atoms with Crippen LogP contribution in [-0.2, 0) is 4.79 Å². The molecule has 0 aromatic carbocycles. The maximum atomic E-state index is 11.2. The third kappa shape index (κ3) is 2.28. The molecule has 3 saturated heterocycles. The van der Waals surface area contributed by atoms with Gasteiger partial charge in [-0.2, -0.15) is 0 Å². The summed E-state index contributed by atoms with van der Waals surface area (Å²) in [6.07, 6.45) is 7.19. The van der Waals surface area contributed by atoms with Gasteiger partial charge >= 0.3 is 5.97 Å². The molecule has 0 saturated carbocycles. The molecule has 0 aromatic heterocycles. The first-order valence-electron chi connectivity index (χ1n) is 7.46. The highest BCUT2D eigenvalue weighted by Gasteiger charge is 2.40. The number of piperidine rings is 2. The van der Waals surface area contributed by atoms with E-state index in [1.165, 1.54) is 38.8 Å². The number of carboxylic acids is 1. The summed E-state index contributed by atoms with van der Waals surface area (Å²) in [5, 5.41) is 9.19. The van der Waals surface area contributed by atoms with Gasteiger partial charge in [0.15, 0.2) is 0 Å². The second kappa shape index (κ2) is 5.17. The standard InChI is InChI=1S/C14H24N2O2/c17-14(18)11-4-3-8-16(10-11)13-6-9-15-7-2-1-5-12(13)15/h11-13H,1-10H2,(H,17,18). The van der Waals surface area contributed by atoms with Crippen LogP contribution in [0.5, 0.6) is 0 Å². The number of fused-ring (bicyclic) bond motifs is 1. The van der Waals surface area contributed by atoms with Crippen molar-refractivity contribution in [3.05, 3.63) is 0 Å². The molecule has 3 unspecified atom stereocenters. The minimum Gasteiger partial charge on any atom is -0.481 e. The van der Waals surface area contributed by atoms with Gasteiger partial charge < -0.3 is 5.11 Å². The summed E-state index contributed by atoms with van der Waals surface area (Å²) in [5.74, 6) is -0.727. The summed E-state index contributed by atoms with van der Waals surface area (Å²) in [6.45, 7) is 4.38. The number of carbonyl (C=O) groups is 1. The van der Waals surface area contributed by atoms with Gasteiger partial charge in [0.25, 0.3) is 0 Å². The minimum atomic E-state index is -0.599. The number of carboxylic acid groups (broad SMARTS) is 1. The predicted octanol–water partition coefficient (Wildman–Crippen LogP) is 1.41. The fourth-order valence-corrected chi connectivity index (χ4v) is 4.16. The predicted molar refractivity (Wildman–Crippen MR) is 69.5 cm³/mol. The van der Waals surface area contributed by atoms with Gasteiger partial charge in [-0.25, -0.2) is 0 Å². The molecule has 1 N–H and O–H groups in total. The van der Waals surface area contributed by atoms with Gasteiger partial charge in [-0.05, 0) is 45.2 Å². The highest BCUT2D eigenvalue weighted by atomic mass is 16.4. The Bertz CT molecular complexity index is 321. The van der Waals surface area contributed by atoms with Crippen LogP contribution in [0.4, 0.5) is 0 Å². The first-order valence-corrected chi connectivity index (χ1v) is 7.46. The topological polar surface area (TPSA) is 43.8 Å². The molecule has 0 spiro atoms. The maximum absolute atomic E-state index is 11.2. The van der Waals surface area contributed by atoms with Gasteiger partial charge in [-0.3, -0.25) is 14.6 Å². The molecule has 3 aliphatic heterocycles. The lowest BCUT2D eigenvalue weighted by Gasteiger charge is -2.40. The molecule has 3 aliphatic rings. The molecule has 3 heterocycles. The molecule has 3 atom stereocenters. The molecule has 4 heteroatoms. The van der Waals surface area contributed by atoms with Gasteiger partial charge in [0.1, 0.15) is 0 Å². The van der Waals surface area contributed by atoms with Gasteiger partial charge in [-0.1, -0.05) is 6.42 Å². The number of aliphatic carboxylic acids is 1. The lowest BCUT2D eigenvalue weighted by Crippen LogP contribution is -2.51. The van der Waals surface area contributed by atoms with Crippen molar-refractivity contribution in [1.29, 1.82) is 0 Å². The van der Waals surface area contributed by atoms with E-state index >= 15 is 0 Å². The van der Waals surface area contributed by atoms with Gasteiger partial charge in [-0.15, -0.1) is 0 Å². The Labute approximate surface area is 109 Å². The van der Waals surface area contributed by atoms with Crippen LogP contribution in [-0.4, -0.2) is 59.1 Å². The molecule has 3 fully saturated rings. The van der Waals surface area contributed by atoms with Crippen LogP contribution in [0.3, 0.4) is 0 Å². The molecule has 0 amide bonds. The quantitative estimate of drug-likeness (QED) is 0.807. The normalized spacial score (nSPS) is 38.6. The van der Waals surface area contributed by atoms with Crippen LogP contribution in [0.15, 0.2) is 0 Å². The number of hydrogen-bond acceptors (Lipinski definition) is 3. The Balaban J connectivity index is 1.65. The second-order valence-corrected chi connectivity index (χ2v) is 6.13. The molecule has 102 valence electrons. The van der Waals surface area contributed by atoms with Gasteiger partial charge in [0.05, 0.1) is 5.92 Å². The summed E-state index contributed by atoms with van der Waals surface area (Å²) in [4.78, 5) is 16.3. The maximum Gasteiger partial charge on any atom is 0.307 e. The Kier molecular flexibility index (Phi) is 3.57. The average Bonchev–Trinajstić information content (AvgIpc) is 2.82. The minimum absolute atomic E-state index is 0.128. The van der Waals surface area contributed by atoms with Gasteiger partial charge in [0, 0.05) is 25.2 Å². The molecular weight excluding hydrogens is 228 g/mol. The fourth-order valence-electron chi connectivity index (χ4n) is 4.16. The first-order chi connectivity index (χ1) is 8.75. The summed E-state index contributed by atoms with van der Waals surface area (Å²) in [6, 6.07) is 1.35. The summed E-state index contributed by atoms with van der Waals surface area (Å²) >= 11 is 0. The third-order valence-corrected chi connectivity index (χ3v) is 5.09. The molecule has 3 rings (SSSR count). The van der Waals surface area contributed by atoms with Crippen molar-refractivity contribution in [2.45, 2.75) is 50.6 Å². The summed E-state index contributed by atoms with van der Waals surface area (Å²) in [5.41, 5.74) is 0. The zero-order valence-electron chi connectivity index (χ0n) is 11.1. The van der Waals surface area contributed by atoms with E-state index < -0.39 is 5.97 Å². The lowest BCUT2D eigenvalue weighted by molar-refractivity contribution is -0.144. The average molecular weight is 252 g/mol. The summed E-state index contributed by atoms with van der Waals surface area (Å²) < 4.78 is 0. The number of nitrogens with zero attached hydrogens (tertiary/aromatic N) is 2. The lowest BCUT2D eigenvalue weighted by atomic mass is 9.92. The largest absolute Gasteiger partial charge is 0.481 e. The second-order valence-electron chi connectivity index (χ2n) is 6.13. The van der Waals surface area contributed by atoms with Gasteiger partial charge in [0.2, 0.25) is 0 Å². The van der Waals surface area contributed by atoms with Crippen LogP contribution in [0.25, 0.3) is 0 Å². The van der Waals surface area contributed by atoms with Crippen molar-refractivity contribution < 1.29 is 9.90 Å². The fraction of sp³-hybridized carbons (Fsp3) is 0.929. The molecule has 0 aliphatic carbocycles. The summed E-state index contributed by atoms with van der Waals surface area (Å²) in [7, 11) is 0. The Hall–Kier alpha value is -0.610. The number of rotatable bonds is 2. The highest BCUT2D eigenvalue weighted by Crippen LogP contribution is 2.32. The van der Waals surface area contributed by atoms with Crippen LogP contribution < -0.4 is 0 Å². The zero-order chi connectivity index (χ0) is 12.5. The van der Waals surface area contributed by atoms with E-state index in [4.69, 9.17) is 0 Å². The van der Waals surface area contributed by atoms with Crippen molar-refractivity contribution in [3.63, 3.8) is 0 Å². The Morgan fingerprint density at radius 2 is 1.67 bits per heavy atom. The Morgan fingerprint density at radius 3 is 2.50 bits per heavy atom. The number of hydrogen-bond donors (Lipinski definition) is 1. The molecule has 4 nitrogen and oxygen atoms in total. The number of likely N-dealkylation sites (tertiary alicyclic amines) is 1. The van der Waals surface area contributed by atoms with Crippen LogP contribution in [0, 0.1) is 5.92 Å². The SMILES string of the molecule is O=C(O)C1CCCN(C2CCN3CCCCC23)C1. The van der Waals surface area contributed by atoms with Crippen molar-refractivity contribution in [2.75, 3.05) is 26.2 Å². The van der Waals surface area contributed by atoms with E-state index in [0.29, 0.717) is 12.1 Å². The molecule has 0 radical (unpaired) electrons. The van der Waals surface area contributed by atoms with Crippen molar-refractivity contribution in [1.82, 2.24) is 9.80 Å². The van der Waals surface area contributed by atoms with Crippen molar-refractivity contribution in [3.8, 4) is 0 Å². The molecule has 0 bridgehead atoms. The highest BCUT2D eigenvalue weighted by molar-refractivity contribution is 5.70.